The zero-order chi connectivity index (χ0) is 21.1. The molecule has 8 heteroatoms. The zero-order valence-corrected chi connectivity index (χ0v) is 17.7. The SMILES string of the molecule is COCCOC(=O)C1=C(C)N=C2SC=C(CC(=O)O)N2C1c1ccc(C)cc1C. The van der Waals surface area contributed by atoms with Gasteiger partial charge in [-0.15, -0.1) is 0 Å². The fourth-order valence-corrected chi connectivity index (χ4v) is 4.47. The second-order valence-corrected chi connectivity index (χ2v) is 7.79. The minimum absolute atomic E-state index is 0.134. The Morgan fingerprint density at radius 3 is 2.66 bits per heavy atom. The monoisotopic (exact) mass is 416 g/mol. The Morgan fingerprint density at radius 2 is 2.00 bits per heavy atom. The number of aliphatic imine (C=N–C) groups is 1. The number of aliphatic carboxylic acids is 1. The molecule has 0 aromatic heterocycles. The molecule has 1 aromatic rings. The van der Waals surface area contributed by atoms with E-state index >= 15 is 0 Å². The van der Waals surface area contributed by atoms with Gasteiger partial charge in [-0.1, -0.05) is 35.5 Å². The van der Waals surface area contributed by atoms with E-state index in [0.717, 1.165) is 16.7 Å². The van der Waals surface area contributed by atoms with Crippen molar-refractivity contribution in [2.75, 3.05) is 20.3 Å². The largest absolute Gasteiger partial charge is 0.481 e. The molecule has 0 spiro atoms. The highest BCUT2D eigenvalue weighted by molar-refractivity contribution is 8.16. The van der Waals surface area contributed by atoms with Gasteiger partial charge in [0.2, 0.25) is 0 Å². The van der Waals surface area contributed by atoms with Crippen LogP contribution in [0.3, 0.4) is 0 Å². The van der Waals surface area contributed by atoms with Gasteiger partial charge in [-0.05, 0) is 37.3 Å². The van der Waals surface area contributed by atoms with Crippen molar-refractivity contribution in [1.29, 1.82) is 0 Å². The lowest BCUT2D eigenvalue weighted by molar-refractivity contribution is -0.141. The molecular formula is C21H24N2O5S. The average Bonchev–Trinajstić information content (AvgIpc) is 3.02. The van der Waals surface area contributed by atoms with Gasteiger partial charge in [-0.3, -0.25) is 4.79 Å². The maximum Gasteiger partial charge on any atom is 0.338 e. The van der Waals surface area contributed by atoms with Gasteiger partial charge in [-0.2, -0.15) is 0 Å². The van der Waals surface area contributed by atoms with Crippen LogP contribution in [0.4, 0.5) is 0 Å². The van der Waals surface area contributed by atoms with Crippen LogP contribution in [0.1, 0.15) is 36.1 Å². The van der Waals surface area contributed by atoms with E-state index in [4.69, 9.17) is 9.47 Å². The lowest BCUT2D eigenvalue weighted by Crippen LogP contribution is -2.37. The Bertz CT molecular complexity index is 935. The molecule has 2 aliphatic rings. The molecular weight excluding hydrogens is 392 g/mol. The number of nitrogens with zero attached hydrogens (tertiary/aromatic N) is 2. The maximum atomic E-state index is 13.0. The van der Waals surface area contributed by atoms with Gasteiger partial charge in [0.25, 0.3) is 0 Å². The molecule has 1 atom stereocenters. The fraction of sp³-hybridized carbons (Fsp3) is 0.381. The number of carboxylic acid groups (broad SMARTS) is 1. The summed E-state index contributed by atoms with van der Waals surface area (Å²) in [6.45, 7) is 6.21. The van der Waals surface area contributed by atoms with Crippen molar-refractivity contribution in [1.82, 2.24) is 4.90 Å². The lowest BCUT2D eigenvalue weighted by Gasteiger charge is -2.36. The van der Waals surface area contributed by atoms with Crippen molar-refractivity contribution in [3.63, 3.8) is 0 Å². The molecule has 0 bridgehead atoms. The molecule has 154 valence electrons. The van der Waals surface area contributed by atoms with Gasteiger partial charge in [0.15, 0.2) is 5.17 Å². The minimum atomic E-state index is -0.937. The van der Waals surface area contributed by atoms with E-state index in [1.807, 2.05) is 36.9 Å². The summed E-state index contributed by atoms with van der Waals surface area (Å²) < 4.78 is 10.4. The quantitative estimate of drug-likeness (QED) is 0.537. The number of aryl methyl sites for hydroxylation is 2. The number of carbonyl (C=O) groups excluding carboxylic acids is 1. The fourth-order valence-electron chi connectivity index (χ4n) is 3.51. The number of hydrogen-bond acceptors (Lipinski definition) is 7. The zero-order valence-electron chi connectivity index (χ0n) is 16.9. The van der Waals surface area contributed by atoms with E-state index in [1.165, 1.54) is 11.8 Å². The van der Waals surface area contributed by atoms with Crippen LogP contribution in [-0.2, 0) is 19.1 Å². The highest BCUT2D eigenvalue weighted by Gasteiger charge is 2.41. The number of esters is 1. The number of carbonyl (C=O) groups is 2. The number of methoxy groups -OCH3 is 1. The second-order valence-electron chi connectivity index (χ2n) is 6.95. The van der Waals surface area contributed by atoms with E-state index in [-0.39, 0.29) is 13.0 Å². The van der Waals surface area contributed by atoms with Crippen molar-refractivity contribution in [3.8, 4) is 0 Å². The smallest absolute Gasteiger partial charge is 0.338 e. The van der Waals surface area contributed by atoms with E-state index in [2.05, 4.69) is 4.99 Å². The molecule has 0 aliphatic carbocycles. The predicted octanol–water partition coefficient (Wildman–Crippen LogP) is 3.54. The van der Waals surface area contributed by atoms with E-state index < -0.39 is 18.0 Å². The molecule has 0 saturated heterocycles. The Kier molecular flexibility index (Phi) is 6.44. The first kappa shape index (κ1) is 21.1. The normalized spacial score (nSPS) is 18.3. The molecule has 0 radical (unpaired) electrons. The van der Waals surface area contributed by atoms with Crippen LogP contribution in [0.25, 0.3) is 0 Å². The third-order valence-corrected chi connectivity index (χ3v) is 5.68. The number of rotatable bonds is 7. The Morgan fingerprint density at radius 1 is 1.24 bits per heavy atom. The average molecular weight is 416 g/mol. The van der Waals surface area contributed by atoms with Gasteiger partial charge in [0.05, 0.1) is 30.3 Å². The van der Waals surface area contributed by atoms with Crippen molar-refractivity contribution in [2.24, 2.45) is 4.99 Å². The summed E-state index contributed by atoms with van der Waals surface area (Å²) in [5.74, 6) is -1.41. The van der Waals surface area contributed by atoms with Crippen molar-refractivity contribution < 1.29 is 24.2 Å². The van der Waals surface area contributed by atoms with Crippen LogP contribution in [0.2, 0.25) is 0 Å². The number of allylic oxidation sites excluding steroid dienone is 1. The van der Waals surface area contributed by atoms with Crippen LogP contribution in [0.5, 0.6) is 0 Å². The molecule has 0 amide bonds. The number of ether oxygens (including phenoxy) is 2. The van der Waals surface area contributed by atoms with Crippen LogP contribution in [0, 0.1) is 13.8 Å². The maximum absolute atomic E-state index is 13.0. The first-order valence-electron chi connectivity index (χ1n) is 9.23. The van der Waals surface area contributed by atoms with E-state index in [0.29, 0.717) is 28.7 Å². The number of hydrogen-bond donors (Lipinski definition) is 1. The Balaban J connectivity index is 2.09. The van der Waals surface area contributed by atoms with Gasteiger partial charge in [0.1, 0.15) is 6.61 Å². The van der Waals surface area contributed by atoms with E-state index in [1.54, 1.807) is 19.4 Å². The highest BCUT2D eigenvalue weighted by Crippen LogP contribution is 2.45. The number of thioether (sulfide) groups is 1. The van der Waals surface area contributed by atoms with Crippen molar-refractivity contribution >= 4 is 28.9 Å². The minimum Gasteiger partial charge on any atom is -0.481 e. The summed E-state index contributed by atoms with van der Waals surface area (Å²) in [6.07, 6.45) is -0.154. The Labute approximate surface area is 174 Å². The molecule has 3 rings (SSSR count). The van der Waals surface area contributed by atoms with Crippen molar-refractivity contribution in [2.45, 2.75) is 33.2 Å². The standard InChI is InChI=1S/C21H24N2O5S/c1-12-5-6-16(13(2)9-12)19-18(20(26)28-8-7-27-4)14(3)22-21-23(19)15(11-29-21)10-17(24)25/h5-6,9,11,19H,7-8,10H2,1-4H3,(H,24,25). The van der Waals surface area contributed by atoms with Gasteiger partial charge in [0, 0.05) is 12.8 Å². The lowest BCUT2D eigenvalue weighted by atomic mass is 9.90. The van der Waals surface area contributed by atoms with Gasteiger partial charge in [-0.25, -0.2) is 9.79 Å². The first-order valence-corrected chi connectivity index (χ1v) is 10.1. The van der Waals surface area contributed by atoms with Gasteiger partial charge >= 0.3 is 11.9 Å². The molecule has 0 saturated carbocycles. The molecule has 1 N–H and O–H groups in total. The summed E-state index contributed by atoms with van der Waals surface area (Å²) in [4.78, 5) is 30.8. The molecule has 2 heterocycles. The number of benzene rings is 1. The molecule has 2 aliphatic heterocycles. The molecule has 0 fully saturated rings. The summed E-state index contributed by atoms with van der Waals surface area (Å²) in [5.41, 5.74) is 4.62. The molecule has 7 nitrogen and oxygen atoms in total. The van der Waals surface area contributed by atoms with Crippen LogP contribution >= 0.6 is 11.8 Å². The second kappa shape index (κ2) is 8.84. The van der Waals surface area contributed by atoms with Crippen LogP contribution in [0.15, 0.2) is 45.6 Å². The summed E-state index contributed by atoms with van der Waals surface area (Å²) in [7, 11) is 1.54. The predicted molar refractivity (Wildman–Crippen MR) is 111 cm³/mol. The summed E-state index contributed by atoms with van der Waals surface area (Å²) >= 11 is 1.37. The topological polar surface area (TPSA) is 88.4 Å². The molecule has 29 heavy (non-hydrogen) atoms. The van der Waals surface area contributed by atoms with E-state index in [9.17, 15) is 14.7 Å². The number of carboxylic acids is 1. The molecule has 1 aromatic carbocycles. The van der Waals surface area contributed by atoms with Crippen LogP contribution < -0.4 is 0 Å². The summed E-state index contributed by atoms with van der Waals surface area (Å²) in [5, 5.41) is 11.8. The third-order valence-electron chi connectivity index (χ3n) is 4.79. The third kappa shape index (κ3) is 4.38. The Hall–Kier alpha value is -2.58. The molecule has 1 unspecified atom stereocenters. The highest BCUT2D eigenvalue weighted by atomic mass is 32.2. The number of amidine groups is 1. The van der Waals surface area contributed by atoms with Gasteiger partial charge < -0.3 is 19.5 Å². The van der Waals surface area contributed by atoms with Crippen LogP contribution in [-0.4, -0.2) is 47.4 Å². The first-order chi connectivity index (χ1) is 13.8. The van der Waals surface area contributed by atoms with Crippen molar-refractivity contribution in [3.05, 3.63) is 57.3 Å². The number of fused-ring (bicyclic) bond motifs is 1. The summed E-state index contributed by atoms with van der Waals surface area (Å²) in [6, 6.07) is 5.52.